The van der Waals surface area contributed by atoms with Crippen LogP contribution < -0.4 is 5.32 Å². The highest BCUT2D eigenvalue weighted by molar-refractivity contribution is 8.13. The number of aromatic nitrogens is 1. The number of thioether (sulfide) groups is 1. The number of esters is 1. The van der Waals surface area contributed by atoms with Gasteiger partial charge in [0.25, 0.3) is 0 Å². The summed E-state index contributed by atoms with van der Waals surface area (Å²) in [6.07, 6.45) is 0.472. The number of hydrogen-bond acceptors (Lipinski definition) is 7. The first-order chi connectivity index (χ1) is 13.0. The molecule has 1 heterocycles. The van der Waals surface area contributed by atoms with Crippen molar-refractivity contribution in [2.75, 3.05) is 12.4 Å². The second-order valence-electron chi connectivity index (χ2n) is 5.80. The van der Waals surface area contributed by atoms with Crippen LogP contribution in [0.3, 0.4) is 0 Å². The van der Waals surface area contributed by atoms with Gasteiger partial charge in [0.05, 0.1) is 23.7 Å². The highest BCUT2D eigenvalue weighted by Crippen LogP contribution is 2.20. The molecule has 0 aliphatic carbocycles. The van der Waals surface area contributed by atoms with Crippen molar-refractivity contribution in [3.8, 4) is 0 Å². The van der Waals surface area contributed by atoms with Gasteiger partial charge < -0.3 is 10.1 Å². The molecule has 2 rings (SSSR count). The molecule has 0 radical (unpaired) electrons. The lowest BCUT2D eigenvalue weighted by atomic mass is 9.99. The van der Waals surface area contributed by atoms with E-state index in [4.69, 9.17) is 4.74 Å². The topological polar surface area (TPSA) is 85.4 Å². The molecule has 1 aromatic carbocycles. The third-order valence-corrected chi connectivity index (χ3v) is 5.32. The third-order valence-electron chi connectivity index (χ3n) is 3.74. The van der Waals surface area contributed by atoms with E-state index < -0.39 is 17.9 Å². The summed E-state index contributed by atoms with van der Waals surface area (Å²) in [6, 6.07) is 8.62. The molecule has 0 bridgehead atoms. The fourth-order valence-electron chi connectivity index (χ4n) is 2.45. The van der Waals surface area contributed by atoms with E-state index >= 15 is 0 Å². The van der Waals surface area contributed by atoms with Gasteiger partial charge in [0.1, 0.15) is 0 Å². The van der Waals surface area contributed by atoms with E-state index in [2.05, 4.69) is 10.3 Å². The summed E-state index contributed by atoms with van der Waals surface area (Å²) < 4.78 is 5.08. The van der Waals surface area contributed by atoms with Gasteiger partial charge in [-0.3, -0.25) is 9.59 Å². The molecule has 0 saturated heterocycles. The number of carbonyl (C=O) groups excluding carboxylic acids is 3. The molecule has 1 amide bonds. The number of ether oxygens (including phenoxy) is 1. The molecule has 0 aliphatic heterocycles. The number of nitrogens with one attached hydrogen (secondary N) is 1. The van der Waals surface area contributed by atoms with Crippen molar-refractivity contribution >= 4 is 40.1 Å². The van der Waals surface area contributed by atoms with Gasteiger partial charge in [0.15, 0.2) is 11.2 Å². The Hall–Kier alpha value is -2.19. The summed E-state index contributed by atoms with van der Waals surface area (Å²) >= 11 is 2.44. The Balaban J connectivity index is 2.15. The first kappa shape index (κ1) is 21.1. The lowest BCUT2D eigenvalue weighted by Crippen LogP contribution is -2.40. The van der Waals surface area contributed by atoms with Gasteiger partial charge in [0.2, 0.25) is 5.91 Å². The van der Waals surface area contributed by atoms with Gasteiger partial charge >= 0.3 is 5.97 Å². The van der Waals surface area contributed by atoms with Gasteiger partial charge in [-0.2, -0.15) is 0 Å². The van der Waals surface area contributed by atoms with Gasteiger partial charge in [-0.05, 0) is 18.9 Å². The van der Waals surface area contributed by atoms with E-state index in [1.165, 1.54) is 18.3 Å². The molecular formula is C19H22N2O4S2. The van der Waals surface area contributed by atoms with E-state index in [-0.39, 0.29) is 17.6 Å². The maximum atomic E-state index is 12.9. The molecule has 8 heteroatoms. The van der Waals surface area contributed by atoms with Crippen LogP contribution in [0.1, 0.15) is 31.1 Å². The number of amides is 1. The van der Waals surface area contributed by atoms with Crippen molar-refractivity contribution in [3.63, 3.8) is 0 Å². The maximum absolute atomic E-state index is 12.9. The van der Waals surface area contributed by atoms with Crippen LogP contribution in [0.2, 0.25) is 0 Å². The van der Waals surface area contributed by atoms with Gasteiger partial charge in [-0.1, -0.05) is 42.1 Å². The molecule has 2 aromatic rings. The summed E-state index contributed by atoms with van der Waals surface area (Å²) in [4.78, 5) is 40.7. The van der Waals surface area contributed by atoms with Gasteiger partial charge in [0, 0.05) is 18.1 Å². The average molecular weight is 407 g/mol. The molecule has 0 aliphatic rings. The van der Waals surface area contributed by atoms with Gasteiger partial charge in [-0.15, -0.1) is 11.3 Å². The molecular weight excluding hydrogens is 384 g/mol. The first-order valence-corrected chi connectivity index (χ1v) is 10.5. The lowest BCUT2D eigenvalue weighted by molar-refractivity contribution is -0.148. The minimum absolute atomic E-state index is 0.0534. The van der Waals surface area contributed by atoms with Crippen LogP contribution in [-0.4, -0.2) is 34.3 Å². The van der Waals surface area contributed by atoms with Crippen LogP contribution in [0.15, 0.2) is 41.2 Å². The van der Waals surface area contributed by atoms with E-state index in [1.807, 2.05) is 30.3 Å². The zero-order valence-corrected chi connectivity index (χ0v) is 16.8. The molecule has 0 saturated carbocycles. The molecule has 1 N–H and O–H groups in total. The fraction of sp³-hybridized carbons (Fsp3) is 0.368. The number of carbonyl (C=O) groups is 3. The van der Waals surface area contributed by atoms with Crippen LogP contribution in [0.5, 0.6) is 0 Å². The van der Waals surface area contributed by atoms with E-state index in [1.54, 1.807) is 17.8 Å². The van der Waals surface area contributed by atoms with Crippen molar-refractivity contribution in [2.24, 2.45) is 5.92 Å². The predicted molar refractivity (Wildman–Crippen MR) is 106 cm³/mol. The van der Waals surface area contributed by atoms with E-state index in [0.29, 0.717) is 17.9 Å². The number of hydrogen-bond donors (Lipinski definition) is 1. The van der Waals surface area contributed by atoms with E-state index in [0.717, 1.165) is 17.3 Å². The van der Waals surface area contributed by atoms with Crippen molar-refractivity contribution in [3.05, 3.63) is 52.5 Å². The largest absolute Gasteiger partial charge is 0.464 e. The fourth-order valence-corrected chi connectivity index (χ4v) is 3.73. The Morgan fingerprint density at radius 3 is 2.59 bits per heavy atom. The number of nitrogens with zero attached hydrogens (tertiary/aromatic N) is 1. The minimum atomic E-state index is -0.954. The SMILES string of the molecule is CCOC(=O)C(NC(=O)C(CSC(C)=O)Cc1ccccc1)c1cscn1. The smallest absolute Gasteiger partial charge is 0.335 e. The molecule has 144 valence electrons. The Kier molecular flexibility index (Phi) is 8.47. The summed E-state index contributed by atoms with van der Waals surface area (Å²) in [7, 11) is 0. The Morgan fingerprint density at radius 2 is 2.00 bits per heavy atom. The van der Waals surface area contributed by atoms with Crippen LogP contribution in [0, 0.1) is 5.92 Å². The molecule has 27 heavy (non-hydrogen) atoms. The maximum Gasteiger partial charge on any atom is 0.335 e. The molecule has 0 spiro atoms. The van der Waals surface area contributed by atoms with Crippen molar-refractivity contribution < 1.29 is 19.1 Å². The summed E-state index contributed by atoms with van der Waals surface area (Å²) in [5.74, 6) is -0.979. The lowest BCUT2D eigenvalue weighted by Gasteiger charge is -2.20. The zero-order chi connectivity index (χ0) is 19.6. The van der Waals surface area contributed by atoms with Crippen LogP contribution >= 0.6 is 23.1 Å². The van der Waals surface area contributed by atoms with E-state index in [9.17, 15) is 14.4 Å². The monoisotopic (exact) mass is 406 g/mol. The zero-order valence-electron chi connectivity index (χ0n) is 15.2. The van der Waals surface area contributed by atoms with Crippen molar-refractivity contribution in [2.45, 2.75) is 26.3 Å². The average Bonchev–Trinajstić information content (AvgIpc) is 3.18. The summed E-state index contributed by atoms with van der Waals surface area (Å²) in [5.41, 5.74) is 3.04. The van der Waals surface area contributed by atoms with Crippen LogP contribution in [0.4, 0.5) is 0 Å². The number of benzene rings is 1. The normalized spacial score (nSPS) is 12.8. The quantitative estimate of drug-likeness (QED) is 0.645. The van der Waals surface area contributed by atoms with Crippen LogP contribution in [-0.2, 0) is 25.5 Å². The van der Waals surface area contributed by atoms with Gasteiger partial charge in [-0.25, -0.2) is 9.78 Å². The number of rotatable bonds is 9. The third kappa shape index (κ3) is 6.80. The summed E-state index contributed by atoms with van der Waals surface area (Å²) in [6.45, 7) is 3.39. The predicted octanol–water partition coefficient (Wildman–Crippen LogP) is 3.00. The van der Waals surface area contributed by atoms with Crippen molar-refractivity contribution in [1.29, 1.82) is 0 Å². The number of thiazole rings is 1. The van der Waals surface area contributed by atoms with Crippen LogP contribution in [0.25, 0.3) is 0 Å². The Bertz CT molecular complexity index is 750. The highest BCUT2D eigenvalue weighted by Gasteiger charge is 2.29. The second kappa shape index (κ2) is 10.8. The highest BCUT2D eigenvalue weighted by atomic mass is 32.2. The molecule has 0 fully saturated rings. The Morgan fingerprint density at radius 1 is 1.26 bits per heavy atom. The standard InChI is InChI=1S/C19H22N2O4S2/c1-3-25-19(24)17(16-11-26-12-20-16)21-18(23)15(10-27-13(2)22)9-14-7-5-4-6-8-14/h4-8,11-12,15,17H,3,9-10H2,1-2H3,(H,21,23). The first-order valence-electron chi connectivity index (χ1n) is 8.53. The molecule has 1 aromatic heterocycles. The Labute approximate surface area is 166 Å². The molecule has 6 nitrogen and oxygen atoms in total. The second-order valence-corrected chi connectivity index (χ2v) is 7.71. The summed E-state index contributed by atoms with van der Waals surface area (Å²) in [5, 5.41) is 4.41. The molecule has 2 unspecified atom stereocenters. The minimum Gasteiger partial charge on any atom is -0.464 e. The molecule has 2 atom stereocenters. The van der Waals surface area contributed by atoms with Crippen molar-refractivity contribution in [1.82, 2.24) is 10.3 Å².